The number of hydrogen-bond donors (Lipinski definition) is 1. The first kappa shape index (κ1) is 16.5. The first-order valence-corrected chi connectivity index (χ1v) is 9.32. The van der Waals surface area contributed by atoms with Gasteiger partial charge in [0, 0.05) is 41.3 Å². The van der Waals surface area contributed by atoms with E-state index in [1.807, 2.05) is 0 Å². The quantitative estimate of drug-likeness (QED) is 0.763. The van der Waals surface area contributed by atoms with E-state index in [4.69, 9.17) is 11.6 Å². The van der Waals surface area contributed by atoms with Crippen molar-refractivity contribution in [2.24, 2.45) is 0 Å². The zero-order chi connectivity index (χ0) is 18.1. The van der Waals surface area contributed by atoms with Crippen molar-refractivity contribution in [3.8, 4) is 11.1 Å². The Labute approximate surface area is 155 Å². The molecule has 2 atom stereocenters. The number of anilines is 1. The normalized spacial score (nSPS) is 23.9. The predicted octanol–water partition coefficient (Wildman–Crippen LogP) is 4.85. The first-order valence-electron chi connectivity index (χ1n) is 8.95. The standard InChI is InChI=1S/C20H18ClF3N2/c21-17-9-13(20(22,23)24)1-2-14(17)12-7-11-4-6-26-18-3-5-25-10-16(18)15(8-12)19(11)26/h1-2,7-9,16,18,25H,3-6,10H2/t16-,18-/m1/s1. The second-order valence-corrected chi connectivity index (χ2v) is 7.78. The van der Waals surface area contributed by atoms with Gasteiger partial charge in [-0.25, -0.2) is 0 Å². The highest BCUT2D eigenvalue weighted by atomic mass is 35.5. The number of nitrogens with one attached hydrogen (secondary N) is 1. The number of nitrogens with zero attached hydrogens (tertiary/aromatic N) is 1. The molecule has 5 rings (SSSR count). The van der Waals surface area contributed by atoms with Crippen molar-refractivity contribution in [1.82, 2.24) is 5.32 Å². The lowest BCUT2D eigenvalue weighted by atomic mass is 9.87. The highest BCUT2D eigenvalue weighted by Gasteiger charge is 2.43. The van der Waals surface area contributed by atoms with Crippen molar-refractivity contribution in [3.05, 3.63) is 52.0 Å². The number of piperidine rings is 1. The van der Waals surface area contributed by atoms with E-state index in [-0.39, 0.29) is 5.02 Å². The van der Waals surface area contributed by atoms with Gasteiger partial charge in [0.1, 0.15) is 0 Å². The lowest BCUT2D eigenvalue weighted by Crippen LogP contribution is -2.43. The summed E-state index contributed by atoms with van der Waals surface area (Å²) < 4.78 is 38.8. The zero-order valence-corrected chi connectivity index (χ0v) is 14.8. The summed E-state index contributed by atoms with van der Waals surface area (Å²) in [6, 6.07) is 8.44. The van der Waals surface area contributed by atoms with Gasteiger partial charge in [0.05, 0.1) is 5.56 Å². The summed E-state index contributed by atoms with van der Waals surface area (Å²) in [6.07, 6.45) is -2.25. The summed E-state index contributed by atoms with van der Waals surface area (Å²) >= 11 is 6.24. The van der Waals surface area contributed by atoms with Crippen molar-refractivity contribution in [3.63, 3.8) is 0 Å². The van der Waals surface area contributed by atoms with Crippen LogP contribution in [0.5, 0.6) is 0 Å². The lowest BCUT2D eigenvalue weighted by molar-refractivity contribution is -0.137. The van der Waals surface area contributed by atoms with E-state index in [1.54, 1.807) is 0 Å². The molecule has 0 aromatic heterocycles. The second kappa shape index (κ2) is 5.64. The molecular weight excluding hydrogens is 361 g/mol. The molecule has 0 radical (unpaired) electrons. The summed E-state index contributed by atoms with van der Waals surface area (Å²) in [6.45, 7) is 3.03. The molecule has 0 saturated carbocycles. The van der Waals surface area contributed by atoms with Crippen LogP contribution in [0.25, 0.3) is 11.1 Å². The predicted molar refractivity (Wildman–Crippen MR) is 97.0 cm³/mol. The van der Waals surface area contributed by atoms with E-state index in [0.717, 1.165) is 50.2 Å². The molecule has 2 nitrogen and oxygen atoms in total. The Morgan fingerprint density at radius 2 is 2.00 bits per heavy atom. The SMILES string of the molecule is FC(F)(F)c1ccc(-c2cc3c4c(c2)[C@H]2CNCC[C@H]2N4CC3)c(Cl)c1. The third-order valence-electron chi connectivity index (χ3n) is 5.98. The van der Waals surface area contributed by atoms with Gasteiger partial charge in [0.2, 0.25) is 0 Å². The molecule has 3 heterocycles. The first-order chi connectivity index (χ1) is 12.4. The van der Waals surface area contributed by atoms with Crippen molar-refractivity contribution in [1.29, 1.82) is 0 Å². The maximum absolute atomic E-state index is 12.9. The minimum absolute atomic E-state index is 0.151. The average molecular weight is 379 g/mol. The van der Waals surface area contributed by atoms with Gasteiger partial charge in [0.25, 0.3) is 0 Å². The van der Waals surface area contributed by atoms with Crippen LogP contribution in [0.2, 0.25) is 5.02 Å². The van der Waals surface area contributed by atoms with Crippen LogP contribution in [0, 0.1) is 0 Å². The molecule has 1 N–H and O–H groups in total. The third kappa shape index (κ3) is 2.37. The van der Waals surface area contributed by atoms with Crippen LogP contribution in [0.3, 0.4) is 0 Å². The van der Waals surface area contributed by atoms with Gasteiger partial charge in [-0.15, -0.1) is 0 Å². The Morgan fingerprint density at radius 3 is 2.77 bits per heavy atom. The fourth-order valence-electron chi connectivity index (χ4n) is 4.84. The molecule has 1 saturated heterocycles. The number of fused-ring (bicyclic) bond motifs is 3. The third-order valence-corrected chi connectivity index (χ3v) is 6.29. The summed E-state index contributed by atoms with van der Waals surface area (Å²) in [5.74, 6) is 0.450. The van der Waals surface area contributed by atoms with Crippen molar-refractivity contribution >= 4 is 17.3 Å². The molecule has 0 aliphatic carbocycles. The molecule has 2 aromatic carbocycles. The molecular formula is C20H18ClF3N2. The van der Waals surface area contributed by atoms with Crippen LogP contribution < -0.4 is 10.2 Å². The van der Waals surface area contributed by atoms with Crippen LogP contribution in [-0.2, 0) is 12.6 Å². The van der Waals surface area contributed by atoms with Gasteiger partial charge >= 0.3 is 6.18 Å². The molecule has 3 aliphatic heterocycles. The van der Waals surface area contributed by atoms with Crippen LogP contribution >= 0.6 is 11.6 Å². The summed E-state index contributed by atoms with van der Waals surface area (Å²) in [5, 5.41) is 3.63. The van der Waals surface area contributed by atoms with Gasteiger partial charge in [-0.05, 0) is 60.3 Å². The average Bonchev–Trinajstić information content (AvgIpc) is 3.17. The monoisotopic (exact) mass is 378 g/mol. The van der Waals surface area contributed by atoms with Crippen molar-refractivity contribution in [2.45, 2.75) is 31.0 Å². The largest absolute Gasteiger partial charge is 0.416 e. The molecule has 0 amide bonds. The summed E-state index contributed by atoms with van der Waals surface area (Å²) in [4.78, 5) is 2.54. The number of rotatable bonds is 1. The maximum atomic E-state index is 12.9. The number of hydrogen-bond acceptors (Lipinski definition) is 2. The van der Waals surface area contributed by atoms with Gasteiger partial charge in [-0.1, -0.05) is 17.7 Å². The summed E-state index contributed by atoms with van der Waals surface area (Å²) in [5.41, 5.74) is 4.86. The van der Waals surface area contributed by atoms with Crippen LogP contribution in [0.15, 0.2) is 30.3 Å². The van der Waals surface area contributed by atoms with Gasteiger partial charge in [-0.2, -0.15) is 13.2 Å². The Hall–Kier alpha value is -1.72. The minimum Gasteiger partial charge on any atom is -0.367 e. The van der Waals surface area contributed by atoms with E-state index in [0.29, 0.717) is 17.5 Å². The summed E-state index contributed by atoms with van der Waals surface area (Å²) in [7, 11) is 0. The smallest absolute Gasteiger partial charge is 0.367 e. The molecule has 136 valence electrons. The van der Waals surface area contributed by atoms with Crippen molar-refractivity contribution < 1.29 is 13.2 Å². The van der Waals surface area contributed by atoms with E-state index >= 15 is 0 Å². The lowest BCUT2D eigenvalue weighted by Gasteiger charge is -2.32. The number of benzene rings is 2. The van der Waals surface area contributed by atoms with Gasteiger partial charge in [-0.3, -0.25) is 0 Å². The van der Waals surface area contributed by atoms with Crippen molar-refractivity contribution in [2.75, 3.05) is 24.5 Å². The Kier molecular flexibility index (Phi) is 3.57. The van der Waals surface area contributed by atoms with Crippen LogP contribution in [-0.4, -0.2) is 25.7 Å². The molecule has 0 unspecified atom stereocenters. The molecule has 3 aliphatic rings. The van der Waals surface area contributed by atoms with Crippen LogP contribution in [0.4, 0.5) is 18.9 Å². The highest BCUT2D eigenvalue weighted by molar-refractivity contribution is 6.33. The number of alkyl halides is 3. The molecule has 6 heteroatoms. The topological polar surface area (TPSA) is 15.3 Å². The zero-order valence-electron chi connectivity index (χ0n) is 14.0. The Bertz CT molecular complexity index is 893. The van der Waals surface area contributed by atoms with Gasteiger partial charge < -0.3 is 10.2 Å². The second-order valence-electron chi connectivity index (χ2n) is 7.38. The molecule has 2 aromatic rings. The fourth-order valence-corrected chi connectivity index (χ4v) is 5.13. The number of halogens is 4. The highest BCUT2D eigenvalue weighted by Crippen LogP contribution is 2.50. The Balaban J connectivity index is 1.61. The van der Waals surface area contributed by atoms with E-state index in [2.05, 4.69) is 22.3 Å². The molecule has 26 heavy (non-hydrogen) atoms. The molecule has 1 fully saturated rings. The van der Waals surface area contributed by atoms with E-state index in [9.17, 15) is 13.2 Å². The van der Waals surface area contributed by atoms with E-state index in [1.165, 1.54) is 22.9 Å². The van der Waals surface area contributed by atoms with Gasteiger partial charge in [0.15, 0.2) is 0 Å². The van der Waals surface area contributed by atoms with Crippen LogP contribution in [0.1, 0.15) is 29.0 Å². The minimum atomic E-state index is -4.38. The van der Waals surface area contributed by atoms with E-state index < -0.39 is 11.7 Å². The maximum Gasteiger partial charge on any atom is 0.416 e. The Morgan fingerprint density at radius 1 is 1.15 bits per heavy atom. The molecule has 0 bridgehead atoms. The fraction of sp³-hybridized carbons (Fsp3) is 0.400. The molecule has 0 spiro atoms.